The van der Waals surface area contributed by atoms with E-state index in [1.807, 2.05) is 17.2 Å². The normalized spacial score (nSPS) is 27.1. The third-order valence-electron chi connectivity index (χ3n) is 4.93. The molecule has 2 aliphatic rings. The van der Waals surface area contributed by atoms with E-state index in [-0.39, 0.29) is 18.0 Å². The van der Waals surface area contributed by atoms with Crippen LogP contribution >= 0.6 is 0 Å². The molecule has 0 aliphatic carbocycles. The summed E-state index contributed by atoms with van der Waals surface area (Å²) >= 11 is 0. The van der Waals surface area contributed by atoms with E-state index in [1.165, 1.54) is 6.08 Å². The molecule has 2 fully saturated rings. The van der Waals surface area contributed by atoms with Crippen LogP contribution in [0.5, 0.6) is 0 Å². The molecule has 114 valence electrons. The number of piperidine rings is 1. The zero-order valence-electron chi connectivity index (χ0n) is 12.3. The minimum Gasteiger partial charge on any atom is -0.365 e. The Bertz CT molecular complexity index is 724. The second kappa shape index (κ2) is 5.12. The molecule has 2 bridgehead atoms. The summed E-state index contributed by atoms with van der Waals surface area (Å²) in [5, 5.41) is 4.54. The molecule has 2 aliphatic heterocycles. The molecule has 0 aromatic carbocycles. The van der Waals surface area contributed by atoms with Crippen LogP contribution in [0.4, 0.5) is 5.82 Å². The van der Waals surface area contributed by atoms with Crippen molar-refractivity contribution in [2.75, 3.05) is 5.32 Å². The largest absolute Gasteiger partial charge is 0.365 e. The van der Waals surface area contributed by atoms with E-state index < -0.39 is 0 Å². The van der Waals surface area contributed by atoms with Crippen LogP contribution in [0, 0.1) is 0 Å². The van der Waals surface area contributed by atoms with Crippen molar-refractivity contribution in [3.63, 3.8) is 0 Å². The Labute approximate surface area is 128 Å². The molecule has 6 nitrogen and oxygen atoms in total. The van der Waals surface area contributed by atoms with Gasteiger partial charge in [-0.1, -0.05) is 6.58 Å². The van der Waals surface area contributed by atoms with Gasteiger partial charge in [-0.05, 0) is 37.8 Å². The van der Waals surface area contributed by atoms with Gasteiger partial charge in [-0.25, -0.2) is 9.97 Å². The molecule has 0 radical (unpaired) electrons. The van der Waals surface area contributed by atoms with Gasteiger partial charge in [0.2, 0.25) is 5.91 Å². The molecular weight excluding hydrogens is 278 g/mol. The lowest BCUT2D eigenvalue weighted by Gasteiger charge is -2.40. The standard InChI is InChI=1S/C16H19N5O/c1-2-14(22)21-10-3-5-12(13(21)6-4-10)20-16-11-7-8-17-15(11)18-9-19-16/h2,7-10,12-13H,1,3-6H2,(H2,17,18,19,20). The number of amides is 1. The lowest BCUT2D eigenvalue weighted by Crippen LogP contribution is -2.52. The van der Waals surface area contributed by atoms with Crippen molar-refractivity contribution in [2.24, 2.45) is 0 Å². The molecule has 2 saturated heterocycles. The van der Waals surface area contributed by atoms with Crippen molar-refractivity contribution in [3.05, 3.63) is 31.2 Å². The van der Waals surface area contributed by atoms with Crippen molar-refractivity contribution in [3.8, 4) is 0 Å². The topological polar surface area (TPSA) is 73.9 Å². The first-order valence-electron chi connectivity index (χ1n) is 7.77. The van der Waals surface area contributed by atoms with Gasteiger partial charge in [0, 0.05) is 18.3 Å². The van der Waals surface area contributed by atoms with E-state index in [9.17, 15) is 4.79 Å². The third-order valence-corrected chi connectivity index (χ3v) is 4.93. The molecule has 1 amide bonds. The van der Waals surface area contributed by atoms with Gasteiger partial charge in [0.05, 0.1) is 11.4 Å². The molecule has 6 heteroatoms. The molecule has 3 unspecified atom stereocenters. The monoisotopic (exact) mass is 297 g/mol. The van der Waals surface area contributed by atoms with E-state index in [2.05, 4.69) is 26.8 Å². The summed E-state index contributed by atoms with van der Waals surface area (Å²) in [6.07, 6.45) is 9.09. The van der Waals surface area contributed by atoms with Gasteiger partial charge < -0.3 is 15.2 Å². The molecule has 4 rings (SSSR count). The SMILES string of the molecule is C=CC(=O)N1C2CCC(Nc3ncnc4[nH]ccc34)C1CC2. The maximum Gasteiger partial charge on any atom is 0.246 e. The summed E-state index contributed by atoms with van der Waals surface area (Å²) in [6.45, 7) is 3.64. The van der Waals surface area contributed by atoms with Crippen LogP contribution < -0.4 is 5.32 Å². The molecule has 2 N–H and O–H groups in total. The second-order valence-corrected chi connectivity index (χ2v) is 6.04. The number of hydrogen-bond donors (Lipinski definition) is 2. The van der Waals surface area contributed by atoms with Crippen LogP contribution in [0.1, 0.15) is 25.7 Å². The van der Waals surface area contributed by atoms with E-state index in [4.69, 9.17) is 0 Å². The maximum absolute atomic E-state index is 12.1. The fourth-order valence-corrected chi connectivity index (χ4v) is 3.94. The Morgan fingerprint density at radius 2 is 2.23 bits per heavy atom. The number of anilines is 1. The molecule has 0 spiro atoms. The highest BCUT2D eigenvalue weighted by Gasteiger charge is 2.44. The molecule has 2 aromatic rings. The van der Waals surface area contributed by atoms with Crippen molar-refractivity contribution in [1.82, 2.24) is 19.9 Å². The summed E-state index contributed by atoms with van der Waals surface area (Å²) in [5.41, 5.74) is 0.830. The summed E-state index contributed by atoms with van der Waals surface area (Å²) in [5.74, 6) is 0.890. The van der Waals surface area contributed by atoms with Crippen LogP contribution in [-0.2, 0) is 4.79 Å². The molecular formula is C16H19N5O. The Morgan fingerprint density at radius 3 is 3.09 bits per heavy atom. The first-order chi connectivity index (χ1) is 10.8. The zero-order chi connectivity index (χ0) is 15.1. The number of H-pyrrole nitrogens is 1. The second-order valence-electron chi connectivity index (χ2n) is 6.04. The number of hydrogen-bond acceptors (Lipinski definition) is 4. The van der Waals surface area contributed by atoms with Gasteiger partial charge >= 0.3 is 0 Å². The average molecular weight is 297 g/mol. The van der Waals surface area contributed by atoms with Gasteiger partial charge in [0.25, 0.3) is 0 Å². The van der Waals surface area contributed by atoms with Gasteiger partial charge in [-0.3, -0.25) is 4.79 Å². The highest BCUT2D eigenvalue weighted by molar-refractivity contribution is 5.88. The average Bonchev–Trinajstić information content (AvgIpc) is 3.13. The Morgan fingerprint density at radius 1 is 1.36 bits per heavy atom. The van der Waals surface area contributed by atoms with Crippen molar-refractivity contribution >= 4 is 22.8 Å². The van der Waals surface area contributed by atoms with E-state index in [0.29, 0.717) is 6.04 Å². The molecule has 22 heavy (non-hydrogen) atoms. The maximum atomic E-state index is 12.1. The number of rotatable bonds is 3. The highest BCUT2D eigenvalue weighted by atomic mass is 16.2. The molecule has 2 aromatic heterocycles. The van der Waals surface area contributed by atoms with Gasteiger partial charge in [0.15, 0.2) is 0 Å². The predicted molar refractivity (Wildman–Crippen MR) is 84.4 cm³/mol. The number of nitrogens with zero attached hydrogens (tertiary/aromatic N) is 3. The minimum atomic E-state index is 0.0495. The number of carbonyl (C=O) groups excluding carboxylic acids is 1. The highest BCUT2D eigenvalue weighted by Crippen LogP contribution is 2.37. The summed E-state index contributed by atoms with van der Waals surface area (Å²) in [6, 6.07) is 2.82. The van der Waals surface area contributed by atoms with Crippen LogP contribution in [0.15, 0.2) is 31.2 Å². The quantitative estimate of drug-likeness (QED) is 0.851. The van der Waals surface area contributed by atoms with E-state index in [0.717, 1.165) is 42.5 Å². The molecule has 3 atom stereocenters. The fraction of sp³-hybridized carbons (Fsp3) is 0.438. The first kappa shape index (κ1) is 13.3. The smallest absolute Gasteiger partial charge is 0.246 e. The van der Waals surface area contributed by atoms with Gasteiger partial charge in [0.1, 0.15) is 17.8 Å². The number of aromatic amines is 1. The number of fused-ring (bicyclic) bond motifs is 3. The van der Waals surface area contributed by atoms with Crippen LogP contribution in [0.25, 0.3) is 11.0 Å². The van der Waals surface area contributed by atoms with E-state index >= 15 is 0 Å². The van der Waals surface area contributed by atoms with Crippen LogP contribution in [0.2, 0.25) is 0 Å². The minimum absolute atomic E-state index is 0.0495. The number of aromatic nitrogens is 3. The summed E-state index contributed by atoms with van der Waals surface area (Å²) in [4.78, 5) is 25.9. The Kier molecular flexibility index (Phi) is 3.10. The Balaban J connectivity index is 1.62. The lowest BCUT2D eigenvalue weighted by molar-refractivity contribution is -0.130. The lowest BCUT2D eigenvalue weighted by atomic mass is 9.97. The first-order valence-corrected chi connectivity index (χ1v) is 7.77. The third kappa shape index (κ3) is 1.98. The fourth-order valence-electron chi connectivity index (χ4n) is 3.94. The summed E-state index contributed by atoms with van der Waals surface area (Å²) in [7, 11) is 0. The Hall–Kier alpha value is -2.37. The van der Waals surface area contributed by atoms with Crippen molar-refractivity contribution in [2.45, 2.75) is 43.8 Å². The number of carbonyl (C=O) groups is 1. The predicted octanol–water partition coefficient (Wildman–Crippen LogP) is 2.08. The van der Waals surface area contributed by atoms with Crippen LogP contribution in [-0.4, -0.2) is 43.9 Å². The van der Waals surface area contributed by atoms with Gasteiger partial charge in [-0.15, -0.1) is 0 Å². The number of nitrogens with one attached hydrogen (secondary N) is 2. The van der Waals surface area contributed by atoms with Crippen molar-refractivity contribution < 1.29 is 4.79 Å². The summed E-state index contributed by atoms with van der Waals surface area (Å²) < 4.78 is 0. The van der Waals surface area contributed by atoms with Crippen molar-refractivity contribution in [1.29, 1.82) is 0 Å². The molecule has 4 heterocycles. The van der Waals surface area contributed by atoms with E-state index in [1.54, 1.807) is 6.33 Å². The zero-order valence-corrected chi connectivity index (χ0v) is 12.3. The molecule has 0 saturated carbocycles. The van der Waals surface area contributed by atoms with Crippen LogP contribution in [0.3, 0.4) is 0 Å². The van der Waals surface area contributed by atoms with Gasteiger partial charge in [-0.2, -0.15) is 0 Å².